The molecular formula is C26H34ClN5O4. The number of nitrogens with one attached hydrogen (secondary N) is 4. The van der Waals surface area contributed by atoms with Gasteiger partial charge in [0, 0.05) is 21.9 Å². The molecule has 1 aliphatic rings. The van der Waals surface area contributed by atoms with E-state index in [1.54, 1.807) is 18.2 Å². The van der Waals surface area contributed by atoms with Crippen LogP contribution in [-0.2, 0) is 9.59 Å². The number of nitrogens with zero attached hydrogens (tertiary/aromatic N) is 1. The maximum Gasteiger partial charge on any atom is 0.268 e. The number of carbonyl (C=O) groups is 3. The van der Waals surface area contributed by atoms with E-state index >= 15 is 0 Å². The Hall–Kier alpha value is -3.25. The molecule has 0 aliphatic carbocycles. The van der Waals surface area contributed by atoms with Crippen molar-refractivity contribution in [2.45, 2.75) is 71.5 Å². The van der Waals surface area contributed by atoms with Gasteiger partial charge in [0.15, 0.2) is 0 Å². The highest BCUT2D eigenvalue weighted by Crippen LogP contribution is 2.31. The number of nitriles is 1. The molecule has 1 aliphatic heterocycles. The fourth-order valence-electron chi connectivity index (χ4n) is 4.61. The van der Waals surface area contributed by atoms with Gasteiger partial charge in [-0.15, -0.1) is 0 Å². The van der Waals surface area contributed by atoms with Gasteiger partial charge in [-0.05, 0) is 56.7 Å². The Labute approximate surface area is 216 Å². The minimum atomic E-state index is -0.890. The molecule has 0 radical (unpaired) electrons. The predicted octanol–water partition coefficient (Wildman–Crippen LogP) is 3.68. The molecule has 1 fully saturated rings. The van der Waals surface area contributed by atoms with Crippen LogP contribution in [0.4, 0.5) is 0 Å². The standard InChI is InChI=1S/C26H34ClN5O4/c1-25(2,3)12-20(24(35)29-16(13-28)7-14-11-26(4,5)32-22(14)33)31-23(34)19-10-17-18(30-19)8-15(27)9-21(17)36-6/h8-10,14,16,20,30H,7,11-12H2,1-6H3,(H,29,35)(H,31,34)(H,32,33)/t14-,16?,20?/m1/s1. The molecule has 1 aromatic heterocycles. The molecule has 3 atom stereocenters. The Morgan fingerprint density at radius 1 is 1.28 bits per heavy atom. The highest BCUT2D eigenvalue weighted by atomic mass is 35.5. The van der Waals surface area contributed by atoms with Crippen molar-refractivity contribution in [2.75, 3.05) is 7.11 Å². The number of aromatic amines is 1. The van der Waals surface area contributed by atoms with Gasteiger partial charge in [-0.3, -0.25) is 14.4 Å². The second-order valence-corrected chi connectivity index (χ2v) is 11.7. The summed E-state index contributed by atoms with van der Waals surface area (Å²) in [6.07, 6.45) is 1.13. The molecule has 4 N–H and O–H groups in total. The molecule has 0 spiro atoms. The van der Waals surface area contributed by atoms with E-state index < -0.39 is 23.9 Å². The zero-order chi connectivity index (χ0) is 26.8. The maximum atomic E-state index is 13.2. The van der Waals surface area contributed by atoms with Crippen molar-refractivity contribution in [3.8, 4) is 11.8 Å². The monoisotopic (exact) mass is 515 g/mol. The third kappa shape index (κ3) is 6.70. The quantitative estimate of drug-likeness (QED) is 0.425. The minimum Gasteiger partial charge on any atom is -0.496 e. The Bertz CT molecular complexity index is 1210. The smallest absolute Gasteiger partial charge is 0.268 e. The molecule has 1 saturated heterocycles. The first-order chi connectivity index (χ1) is 16.7. The number of benzene rings is 1. The summed E-state index contributed by atoms with van der Waals surface area (Å²) in [6.45, 7) is 9.73. The van der Waals surface area contributed by atoms with Gasteiger partial charge in [-0.2, -0.15) is 5.26 Å². The topological polar surface area (TPSA) is 136 Å². The Morgan fingerprint density at radius 3 is 2.53 bits per heavy atom. The number of rotatable bonds is 8. The summed E-state index contributed by atoms with van der Waals surface area (Å²) in [5.74, 6) is -0.914. The molecule has 36 heavy (non-hydrogen) atoms. The lowest BCUT2D eigenvalue weighted by Gasteiger charge is -2.27. The van der Waals surface area contributed by atoms with Crippen LogP contribution >= 0.6 is 11.6 Å². The molecule has 0 bridgehead atoms. The van der Waals surface area contributed by atoms with Crippen molar-refractivity contribution in [3.63, 3.8) is 0 Å². The van der Waals surface area contributed by atoms with Crippen LogP contribution in [-0.4, -0.2) is 47.4 Å². The minimum absolute atomic E-state index is 0.122. The van der Waals surface area contributed by atoms with E-state index in [0.29, 0.717) is 34.5 Å². The van der Waals surface area contributed by atoms with E-state index in [4.69, 9.17) is 16.3 Å². The molecule has 3 amide bonds. The zero-order valence-electron chi connectivity index (χ0n) is 21.5. The number of ether oxygens (including phenoxy) is 1. The lowest BCUT2D eigenvalue weighted by atomic mass is 9.87. The summed E-state index contributed by atoms with van der Waals surface area (Å²) in [7, 11) is 1.52. The number of fused-ring (bicyclic) bond motifs is 1. The molecule has 194 valence electrons. The molecule has 1 aromatic carbocycles. The van der Waals surface area contributed by atoms with Crippen LogP contribution in [0.2, 0.25) is 5.02 Å². The normalized spacial score (nSPS) is 18.7. The predicted molar refractivity (Wildman–Crippen MR) is 138 cm³/mol. The second-order valence-electron chi connectivity index (χ2n) is 11.2. The summed E-state index contributed by atoms with van der Waals surface area (Å²) < 4.78 is 5.36. The number of carbonyl (C=O) groups excluding carboxylic acids is 3. The molecule has 2 unspecified atom stereocenters. The lowest BCUT2D eigenvalue weighted by Crippen LogP contribution is -2.51. The van der Waals surface area contributed by atoms with Crippen molar-refractivity contribution in [1.82, 2.24) is 20.9 Å². The van der Waals surface area contributed by atoms with Crippen molar-refractivity contribution in [1.29, 1.82) is 5.26 Å². The van der Waals surface area contributed by atoms with Crippen LogP contribution in [0.25, 0.3) is 10.9 Å². The van der Waals surface area contributed by atoms with Crippen LogP contribution < -0.4 is 20.7 Å². The largest absolute Gasteiger partial charge is 0.496 e. The number of H-pyrrole nitrogens is 1. The van der Waals surface area contributed by atoms with Gasteiger partial charge in [-0.25, -0.2) is 0 Å². The van der Waals surface area contributed by atoms with Crippen molar-refractivity contribution in [3.05, 3.63) is 28.9 Å². The average molecular weight is 516 g/mol. The van der Waals surface area contributed by atoms with Gasteiger partial charge in [0.1, 0.15) is 23.5 Å². The van der Waals surface area contributed by atoms with Crippen LogP contribution in [0.3, 0.4) is 0 Å². The highest BCUT2D eigenvalue weighted by Gasteiger charge is 2.39. The SMILES string of the molecule is COc1cc(Cl)cc2[nH]c(C(=O)NC(CC(C)(C)C)C(=O)NC(C#N)C[C@@H]3CC(C)(C)NC3=O)cc12. The molecule has 2 heterocycles. The number of amides is 3. The molecule has 9 nitrogen and oxygen atoms in total. The fourth-order valence-corrected chi connectivity index (χ4v) is 4.81. The number of halogens is 1. The van der Waals surface area contributed by atoms with E-state index in [0.717, 1.165) is 0 Å². The number of methoxy groups -OCH3 is 1. The zero-order valence-corrected chi connectivity index (χ0v) is 22.3. The van der Waals surface area contributed by atoms with Gasteiger partial charge in [0.2, 0.25) is 11.8 Å². The summed E-state index contributed by atoms with van der Waals surface area (Å²) in [4.78, 5) is 41.7. The first-order valence-corrected chi connectivity index (χ1v) is 12.3. The van der Waals surface area contributed by atoms with Gasteiger partial charge in [-0.1, -0.05) is 32.4 Å². The second kappa shape index (κ2) is 10.4. The van der Waals surface area contributed by atoms with Gasteiger partial charge < -0.3 is 25.7 Å². The molecule has 10 heteroatoms. The number of aromatic nitrogens is 1. The maximum absolute atomic E-state index is 13.2. The fraction of sp³-hybridized carbons (Fsp3) is 0.538. The van der Waals surface area contributed by atoms with Gasteiger partial charge in [0.25, 0.3) is 5.91 Å². The van der Waals surface area contributed by atoms with Crippen LogP contribution in [0.1, 0.15) is 64.4 Å². The third-order valence-corrected chi connectivity index (χ3v) is 6.37. The van der Waals surface area contributed by atoms with Crippen LogP contribution in [0.15, 0.2) is 18.2 Å². The number of hydrogen-bond acceptors (Lipinski definition) is 5. The van der Waals surface area contributed by atoms with Gasteiger partial charge in [0.05, 0.1) is 18.7 Å². The van der Waals surface area contributed by atoms with Crippen molar-refractivity contribution < 1.29 is 19.1 Å². The van der Waals surface area contributed by atoms with E-state index in [2.05, 4.69) is 27.0 Å². The third-order valence-electron chi connectivity index (χ3n) is 6.15. The van der Waals surface area contributed by atoms with E-state index in [-0.39, 0.29) is 34.9 Å². The molecule has 0 saturated carbocycles. The summed E-state index contributed by atoms with van der Waals surface area (Å²) in [5, 5.41) is 19.3. The summed E-state index contributed by atoms with van der Waals surface area (Å²) >= 11 is 6.13. The Morgan fingerprint density at radius 2 is 1.97 bits per heavy atom. The molecule has 3 rings (SSSR count). The number of hydrogen-bond donors (Lipinski definition) is 4. The summed E-state index contributed by atoms with van der Waals surface area (Å²) in [6, 6.07) is 5.33. The van der Waals surface area contributed by atoms with Crippen LogP contribution in [0.5, 0.6) is 5.75 Å². The molecular weight excluding hydrogens is 482 g/mol. The van der Waals surface area contributed by atoms with Gasteiger partial charge >= 0.3 is 0 Å². The van der Waals surface area contributed by atoms with E-state index in [1.165, 1.54) is 7.11 Å². The lowest BCUT2D eigenvalue weighted by molar-refractivity contribution is -0.125. The average Bonchev–Trinajstić information content (AvgIpc) is 3.30. The Balaban J connectivity index is 1.76. The highest BCUT2D eigenvalue weighted by molar-refractivity contribution is 6.31. The van der Waals surface area contributed by atoms with Crippen molar-refractivity contribution in [2.24, 2.45) is 11.3 Å². The first kappa shape index (κ1) is 27.3. The van der Waals surface area contributed by atoms with E-state index in [9.17, 15) is 19.6 Å². The van der Waals surface area contributed by atoms with Crippen LogP contribution in [0, 0.1) is 22.7 Å². The Kier molecular flexibility index (Phi) is 7.89. The molecule has 2 aromatic rings. The first-order valence-electron chi connectivity index (χ1n) is 11.9. The summed E-state index contributed by atoms with van der Waals surface area (Å²) in [5.41, 5.74) is 0.243. The van der Waals surface area contributed by atoms with E-state index in [1.807, 2.05) is 34.6 Å². The van der Waals surface area contributed by atoms with Crippen molar-refractivity contribution >= 4 is 40.2 Å².